The molecule has 1 aromatic carbocycles. The number of nitrogens with one attached hydrogen (secondary N) is 1. The van der Waals surface area contributed by atoms with E-state index < -0.39 is 0 Å². The first kappa shape index (κ1) is 16.0. The summed E-state index contributed by atoms with van der Waals surface area (Å²) in [4.78, 5) is 2.42. The van der Waals surface area contributed by atoms with Crippen molar-refractivity contribution in [3.05, 3.63) is 40.5 Å². The van der Waals surface area contributed by atoms with E-state index in [1.165, 1.54) is 36.9 Å². The van der Waals surface area contributed by atoms with Gasteiger partial charge < -0.3 is 10.2 Å². The van der Waals surface area contributed by atoms with E-state index in [2.05, 4.69) is 28.0 Å². The number of hydrogen-bond acceptors (Lipinski definition) is 3. The van der Waals surface area contributed by atoms with Crippen LogP contribution in [0.2, 0.25) is 5.02 Å². The van der Waals surface area contributed by atoms with Crippen molar-refractivity contribution in [1.29, 1.82) is 0 Å². The molecule has 1 fully saturated rings. The number of piperidine rings is 1. The Kier molecular flexibility index (Phi) is 4.51. The normalized spacial score (nSPS) is 19.6. The highest BCUT2D eigenvalue weighted by molar-refractivity contribution is 6.32. The summed E-state index contributed by atoms with van der Waals surface area (Å²) in [6.07, 6.45) is 5.96. The lowest BCUT2D eigenvalue weighted by Crippen LogP contribution is -2.29. The van der Waals surface area contributed by atoms with Gasteiger partial charge in [-0.25, -0.2) is 4.68 Å². The third-order valence-corrected chi connectivity index (χ3v) is 5.67. The molecule has 3 heterocycles. The van der Waals surface area contributed by atoms with Gasteiger partial charge in [0.25, 0.3) is 0 Å². The lowest BCUT2D eigenvalue weighted by atomic mass is 9.90. The Morgan fingerprint density at radius 1 is 1.17 bits per heavy atom. The minimum absolute atomic E-state index is 0.568. The zero-order valence-electron chi connectivity index (χ0n) is 14.3. The molecule has 0 atom stereocenters. The molecule has 0 amide bonds. The molecule has 4 rings (SSSR count). The zero-order valence-corrected chi connectivity index (χ0v) is 15.0. The van der Waals surface area contributed by atoms with Crippen molar-refractivity contribution in [2.24, 2.45) is 0 Å². The van der Waals surface area contributed by atoms with Crippen LogP contribution in [0, 0.1) is 0 Å². The number of likely N-dealkylation sites (tertiary alicyclic amines) is 1. The van der Waals surface area contributed by atoms with Crippen molar-refractivity contribution in [2.45, 2.75) is 38.0 Å². The first-order valence-corrected chi connectivity index (χ1v) is 9.41. The van der Waals surface area contributed by atoms with Crippen LogP contribution in [0.3, 0.4) is 0 Å². The summed E-state index contributed by atoms with van der Waals surface area (Å²) in [5.74, 6) is 1.73. The molecule has 0 spiro atoms. The Hall–Kier alpha value is -1.52. The summed E-state index contributed by atoms with van der Waals surface area (Å²) in [5, 5.41) is 9.44. The molecule has 0 aliphatic carbocycles. The van der Waals surface area contributed by atoms with Gasteiger partial charge >= 0.3 is 0 Å². The van der Waals surface area contributed by atoms with Crippen molar-refractivity contribution >= 4 is 17.4 Å². The Bertz CT molecular complexity index is 716. The second-order valence-electron chi connectivity index (χ2n) is 7.04. The largest absolute Gasteiger partial charge is 0.370 e. The lowest BCUT2D eigenvalue weighted by Gasteiger charge is -2.28. The van der Waals surface area contributed by atoms with Crippen LogP contribution in [0.25, 0.3) is 5.69 Å². The number of hydrogen-bond donors (Lipinski definition) is 1. The van der Waals surface area contributed by atoms with Crippen molar-refractivity contribution in [3.8, 4) is 5.69 Å². The van der Waals surface area contributed by atoms with Gasteiger partial charge in [-0.3, -0.25) is 0 Å². The Morgan fingerprint density at radius 3 is 2.75 bits per heavy atom. The van der Waals surface area contributed by atoms with Crippen molar-refractivity contribution in [1.82, 2.24) is 14.7 Å². The van der Waals surface area contributed by atoms with E-state index in [4.69, 9.17) is 16.7 Å². The summed E-state index contributed by atoms with van der Waals surface area (Å²) in [5.41, 5.74) is 3.69. The predicted molar refractivity (Wildman–Crippen MR) is 99.5 cm³/mol. The van der Waals surface area contributed by atoms with Crippen LogP contribution in [-0.2, 0) is 6.42 Å². The van der Waals surface area contributed by atoms with Crippen molar-refractivity contribution in [3.63, 3.8) is 0 Å². The van der Waals surface area contributed by atoms with Gasteiger partial charge in [0.05, 0.1) is 16.4 Å². The lowest BCUT2D eigenvalue weighted by molar-refractivity contribution is 0.252. The minimum Gasteiger partial charge on any atom is -0.370 e. The van der Waals surface area contributed by atoms with E-state index in [0.717, 1.165) is 42.6 Å². The van der Waals surface area contributed by atoms with Gasteiger partial charge in [-0.05, 0) is 64.4 Å². The molecular weight excluding hydrogens is 320 g/mol. The highest BCUT2D eigenvalue weighted by Gasteiger charge is 2.28. The molecule has 4 nitrogen and oxygen atoms in total. The molecule has 1 saturated heterocycles. The fourth-order valence-corrected chi connectivity index (χ4v) is 4.15. The molecule has 0 bridgehead atoms. The molecule has 5 heteroatoms. The SMILES string of the molecule is CN1CCC(c2nn(-c3ccccc3Cl)c3c2CCCCN3)CC1. The summed E-state index contributed by atoms with van der Waals surface area (Å²) in [6.45, 7) is 3.33. The maximum absolute atomic E-state index is 6.46. The van der Waals surface area contributed by atoms with Crippen LogP contribution in [0.5, 0.6) is 0 Å². The molecule has 1 N–H and O–H groups in total. The Morgan fingerprint density at radius 2 is 1.96 bits per heavy atom. The third kappa shape index (κ3) is 2.93. The fourth-order valence-electron chi connectivity index (χ4n) is 3.94. The van der Waals surface area contributed by atoms with Crippen LogP contribution in [0.1, 0.15) is 42.9 Å². The van der Waals surface area contributed by atoms with Gasteiger partial charge in [0.2, 0.25) is 0 Å². The molecule has 128 valence electrons. The van der Waals surface area contributed by atoms with Gasteiger partial charge in [-0.1, -0.05) is 23.7 Å². The van der Waals surface area contributed by atoms with Crippen LogP contribution in [0.15, 0.2) is 24.3 Å². The molecule has 24 heavy (non-hydrogen) atoms. The Balaban J connectivity index is 1.79. The number of fused-ring (bicyclic) bond motifs is 1. The third-order valence-electron chi connectivity index (χ3n) is 5.35. The quantitative estimate of drug-likeness (QED) is 0.891. The standard InChI is InChI=1S/C19H25ClN4/c1-23-12-9-14(10-13-23)18-15-6-4-5-11-21-19(15)24(22-18)17-8-3-2-7-16(17)20/h2-3,7-8,14,21H,4-6,9-13H2,1H3. The second kappa shape index (κ2) is 6.77. The number of nitrogens with zero attached hydrogens (tertiary/aromatic N) is 3. The summed E-state index contributed by atoms with van der Waals surface area (Å²) >= 11 is 6.46. The van der Waals surface area contributed by atoms with Gasteiger partial charge in [0.1, 0.15) is 5.82 Å². The monoisotopic (exact) mass is 344 g/mol. The molecule has 2 aliphatic rings. The summed E-state index contributed by atoms with van der Waals surface area (Å²) < 4.78 is 2.05. The van der Waals surface area contributed by atoms with Gasteiger partial charge in [0.15, 0.2) is 0 Å². The average molecular weight is 345 g/mol. The van der Waals surface area contributed by atoms with E-state index in [1.54, 1.807) is 0 Å². The first-order valence-electron chi connectivity index (χ1n) is 9.03. The molecule has 0 radical (unpaired) electrons. The number of aromatic nitrogens is 2. The molecule has 1 aromatic heterocycles. The number of rotatable bonds is 2. The number of para-hydroxylation sites is 1. The van der Waals surface area contributed by atoms with Gasteiger partial charge in [0, 0.05) is 18.0 Å². The van der Waals surface area contributed by atoms with Crippen LogP contribution >= 0.6 is 11.6 Å². The molecule has 0 unspecified atom stereocenters. The highest BCUT2D eigenvalue weighted by atomic mass is 35.5. The zero-order chi connectivity index (χ0) is 16.5. The highest BCUT2D eigenvalue weighted by Crippen LogP contribution is 2.37. The van der Waals surface area contributed by atoms with E-state index in [1.807, 2.05) is 18.2 Å². The molecule has 2 aromatic rings. The average Bonchev–Trinajstić information content (AvgIpc) is 2.78. The first-order chi connectivity index (χ1) is 11.7. The minimum atomic E-state index is 0.568. The molecule has 0 saturated carbocycles. The number of halogens is 1. The summed E-state index contributed by atoms with van der Waals surface area (Å²) in [7, 11) is 2.21. The van der Waals surface area contributed by atoms with E-state index in [0.29, 0.717) is 5.92 Å². The van der Waals surface area contributed by atoms with Crippen LogP contribution < -0.4 is 5.32 Å². The fraction of sp³-hybridized carbons (Fsp3) is 0.526. The number of anilines is 1. The van der Waals surface area contributed by atoms with Gasteiger partial charge in [-0.15, -0.1) is 0 Å². The van der Waals surface area contributed by atoms with Crippen LogP contribution in [0.4, 0.5) is 5.82 Å². The topological polar surface area (TPSA) is 33.1 Å². The Labute approximate surface area is 148 Å². The maximum atomic E-state index is 6.46. The predicted octanol–water partition coefficient (Wildman–Crippen LogP) is 4.08. The number of benzene rings is 1. The van der Waals surface area contributed by atoms with Crippen LogP contribution in [-0.4, -0.2) is 41.4 Å². The molecule has 2 aliphatic heterocycles. The summed E-state index contributed by atoms with van der Waals surface area (Å²) in [6, 6.07) is 8.00. The van der Waals surface area contributed by atoms with Crippen molar-refractivity contribution < 1.29 is 0 Å². The van der Waals surface area contributed by atoms with Gasteiger partial charge in [-0.2, -0.15) is 5.10 Å². The van der Waals surface area contributed by atoms with Crippen molar-refractivity contribution in [2.75, 3.05) is 32.0 Å². The second-order valence-corrected chi connectivity index (χ2v) is 7.44. The van der Waals surface area contributed by atoms with E-state index >= 15 is 0 Å². The van der Waals surface area contributed by atoms with E-state index in [-0.39, 0.29) is 0 Å². The smallest absolute Gasteiger partial charge is 0.133 e. The van der Waals surface area contributed by atoms with E-state index in [9.17, 15) is 0 Å². The molecular formula is C19H25ClN4. The maximum Gasteiger partial charge on any atom is 0.133 e.